The Hall–Kier alpha value is -0.780. The number of rotatable bonds is 7. The van der Waals surface area contributed by atoms with E-state index in [0.29, 0.717) is 24.8 Å². The molecule has 0 aliphatic rings. The van der Waals surface area contributed by atoms with Gasteiger partial charge in [-0.05, 0) is 41.1 Å². The van der Waals surface area contributed by atoms with Gasteiger partial charge in [-0.15, -0.1) is 0 Å². The van der Waals surface area contributed by atoms with Crippen LogP contribution in [0.4, 0.5) is 5.69 Å². The molecule has 0 aliphatic heterocycles. The number of nitrogens with one attached hydrogen (secondary N) is 1. The summed E-state index contributed by atoms with van der Waals surface area (Å²) in [6.07, 6.45) is 0. The molecular weight excluding hydrogens is 321 g/mol. The minimum absolute atomic E-state index is 0.0216. The molecule has 4 nitrogen and oxygen atoms in total. The zero-order chi connectivity index (χ0) is 13.4. The van der Waals surface area contributed by atoms with E-state index in [4.69, 9.17) is 21.1 Å². The van der Waals surface area contributed by atoms with Crippen LogP contribution in [0.2, 0.25) is 5.02 Å². The smallest absolute Gasteiger partial charge is 0.332 e. The first-order chi connectivity index (χ1) is 8.63. The molecule has 0 bridgehead atoms. The Kier molecular flexibility index (Phi) is 7.08. The summed E-state index contributed by atoms with van der Waals surface area (Å²) in [4.78, 5) is 11.0. The van der Waals surface area contributed by atoms with E-state index in [0.717, 1.165) is 10.2 Å². The number of ether oxygens (including phenoxy) is 2. The van der Waals surface area contributed by atoms with Crippen LogP contribution < -0.4 is 5.32 Å². The molecule has 1 rings (SSSR count). The molecule has 1 aromatic carbocycles. The zero-order valence-electron chi connectivity index (χ0n) is 10.0. The van der Waals surface area contributed by atoms with Crippen molar-refractivity contribution in [3.8, 4) is 0 Å². The van der Waals surface area contributed by atoms with Gasteiger partial charge in [0.15, 0.2) is 0 Å². The molecule has 0 aliphatic carbocycles. The normalized spacial score (nSPS) is 10.2. The third-order valence-corrected chi connectivity index (χ3v) is 2.94. The maximum Gasteiger partial charge on any atom is 0.332 e. The van der Waals surface area contributed by atoms with Gasteiger partial charge in [-0.3, -0.25) is 0 Å². The van der Waals surface area contributed by atoms with Gasteiger partial charge >= 0.3 is 5.97 Å². The molecule has 0 aromatic heterocycles. The largest absolute Gasteiger partial charge is 0.464 e. The zero-order valence-corrected chi connectivity index (χ0v) is 12.4. The third kappa shape index (κ3) is 5.71. The molecule has 18 heavy (non-hydrogen) atoms. The summed E-state index contributed by atoms with van der Waals surface area (Å²) in [5, 5.41) is 3.81. The molecule has 0 radical (unpaired) electrons. The number of carbonyl (C=O) groups excluding carboxylic acids is 1. The van der Waals surface area contributed by atoms with Crippen molar-refractivity contribution < 1.29 is 14.3 Å². The second kappa shape index (κ2) is 8.34. The Bertz CT molecular complexity index is 401. The van der Waals surface area contributed by atoms with Crippen LogP contribution in [-0.4, -0.2) is 32.3 Å². The van der Waals surface area contributed by atoms with Crippen molar-refractivity contribution >= 4 is 39.2 Å². The molecule has 1 aromatic rings. The fraction of sp³-hybridized carbons (Fsp3) is 0.417. The Balaban J connectivity index is 2.21. The maximum absolute atomic E-state index is 11.0. The van der Waals surface area contributed by atoms with Gasteiger partial charge in [0.25, 0.3) is 0 Å². The third-order valence-electron chi connectivity index (χ3n) is 2.02. The minimum atomic E-state index is -0.346. The highest BCUT2D eigenvalue weighted by Crippen LogP contribution is 2.25. The van der Waals surface area contributed by atoms with Crippen molar-refractivity contribution in [2.24, 2.45) is 0 Å². The minimum Gasteiger partial charge on any atom is -0.464 e. The molecule has 0 saturated heterocycles. The van der Waals surface area contributed by atoms with Crippen molar-refractivity contribution in [2.75, 3.05) is 31.7 Å². The van der Waals surface area contributed by atoms with Crippen LogP contribution in [0.5, 0.6) is 0 Å². The van der Waals surface area contributed by atoms with Crippen molar-refractivity contribution in [3.05, 3.63) is 27.7 Å². The highest BCUT2D eigenvalue weighted by molar-refractivity contribution is 9.10. The SMILES string of the molecule is CCOC(=O)COCCNc1cc(Cl)ccc1Br. The van der Waals surface area contributed by atoms with Crippen LogP contribution in [0.1, 0.15) is 6.92 Å². The van der Waals surface area contributed by atoms with E-state index >= 15 is 0 Å². The van der Waals surface area contributed by atoms with E-state index in [-0.39, 0.29) is 12.6 Å². The molecular formula is C12H15BrClNO3. The second-order valence-corrected chi connectivity index (χ2v) is 4.70. The lowest BCUT2D eigenvalue weighted by molar-refractivity contribution is -0.148. The Morgan fingerprint density at radius 1 is 1.50 bits per heavy atom. The molecule has 0 heterocycles. The van der Waals surface area contributed by atoms with Crippen LogP contribution in [0.25, 0.3) is 0 Å². The van der Waals surface area contributed by atoms with Crippen molar-refractivity contribution in [2.45, 2.75) is 6.92 Å². The highest BCUT2D eigenvalue weighted by atomic mass is 79.9. The van der Waals surface area contributed by atoms with E-state index < -0.39 is 0 Å². The van der Waals surface area contributed by atoms with E-state index in [1.807, 2.05) is 12.1 Å². The summed E-state index contributed by atoms with van der Waals surface area (Å²) in [7, 11) is 0. The summed E-state index contributed by atoms with van der Waals surface area (Å²) >= 11 is 9.29. The average molecular weight is 337 g/mol. The monoisotopic (exact) mass is 335 g/mol. The molecule has 0 unspecified atom stereocenters. The lowest BCUT2D eigenvalue weighted by Crippen LogP contribution is -2.16. The standard InChI is InChI=1S/C12H15BrClNO3/c1-2-18-12(16)8-17-6-5-15-11-7-9(14)3-4-10(11)13/h3-4,7,15H,2,5-6,8H2,1H3. The predicted molar refractivity (Wildman–Crippen MR) is 75.1 cm³/mol. The fourth-order valence-electron chi connectivity index (χ4n) is 1.25. The van der Waals surface area contributed by atoms with Crippen molar-refractivity contribution in [1.29, 1.82) is 0 Å². The first-order valence-electron chi connectivity index (χ1n) is 5.55. The average Bonchev–Trinajstić information content (AvgIpc) is 2.33. The summed E-state index contributed by atoms with van der Waals surface area (Å²) in [5.74, 6) is -0.346. The fourth-order valence-corrected chi connectivity index (χ4v) is 1.81. The van der Waals surface area contributed by atoms with Gasteiger partial charge in [0.1, 0.15) is 6.61 Å². The number of carbonyl (C=O) groups is 1. The van der Waals surface area contributed by atoms with E-state index in [9.17, 15) is 4.79 Å². The van der Waals surface area contributed by atoms with Gasteiger partial charge < -0.3 is 14.8 Å². The molecule has 0 amide bonds. The number of hydrogen-bond acceptors (Lipinski definition) is 4. The van der Waals surface area contributed by atoms with Crippen LogP contribution in [0, 0.1) is 0 Å². The lowest BCUT2D eigenvalue weighted by atomic mass is 10.3. The Labute approximate surface area is 120 Å². The summed E-state index contributed by atoms with van der Waals surface area (Å²) in [5.41, 5.74) is 0.891. The van der Waals surface area contributed by atoms with Gasteiger partial charge in [0, 0.05) is 21.7 Å². The van der Waals surface area contributed by atoms with E-state index in [1.165, 1.54) is 0 Å². The van der Waals surface area contributed by atoms with Crippen LogP contribution in [0.15, 0.2) is 22.7 Å². The van der Waals surface area contributed by atoms with Crippen molar-refractivity contribution in [1.82, 2.24) is 0 Å². The molecule has 0 saturated carbocycles. The molecule has 0 spiro atoms. The Morgan fingerprint density at radius 3 is 3.00 bits per heavy atom. The van der Waals surface area contributed by atoms with Gasteiger partial charge in [-0.1, -0.05) is 11.6 Å². The number of hydrogen-bond donors (Lipinski definition) is 1. The molecule has 1 N–H and O–H groups in total. The van der Waals surface area contributed by atoms with Gasteiger partial charge in [0.2, 0.25) is 0 Å². The first-order valence-corrected chi connectivity index (χ1v) is 6.73. The number of anilines is 1. The summed E-state index contributed by atoms with van der Waals surface area (Å²) in [6.45, 7) is 3.11. The van der Waals surface area contributed by atoms with Gasteiger partial charge in [-0.25, -0.2) is 4.79 Å². The van der Waals surface area contributed by atoms with Crippen molar-refractivity contribution in [3.63, 3.8) is 0 Å². The summed E-state index contributed by atoms with van der Waals surface area (Å²) < 4.78 is 10.8. The Morgan fingerprint density at radius 2 is 2.28 bits per heavy atom. The summed E-state index contributed by atoms with van der Waals surface area (Å²) in [6, 6.07) is 5.48. The predicted octanol–water partition coefficient (Wildman–Crippen LogP) is 3.09. The van der Waals surface area contributed by atoms with E-state index in [2.05, 4.69) is 21.2 Å². The van der Waals surface area contributed by atoms with Crippen LogP contribution in [-0.2, 0) is 14.3 Å². The molecule has 6 heteroatoms. The number of esters is 1. The second-order valence-electron chi connectivity index (χ2n) is 3.41. The molecule has 0 atom stereocenters. The van der Waals surface area contributed by atoms with Gasteiger partial charge in [0.05, 0.1) is 13.2 Å². The van der Waals surface area contributed by atoms with Crippen LogP contribution in [0.3, 0.4) is 0 Å². The molecule has 100 valence electrons. The number of halogens is 2. The van der Waals surface area contributed by atoms with Crippen LogP contribution >= 0.6 is 27.5 Å². The van der Waals surface area contributed by atoms with Gasteiger partial charge in [-0.2, -0.15) is 0 Å². The lowest BCUT2D eigenvalue weighted by Gasteiger charge is -2.09. The van der Waals surface area contributed by atoms with E-state index in [1.54, 1.807) is 13.0 Å². The number of benzene rings is 1. The first kappa shape index (κ1) is 15.3. The quantitative estimate of drug-likeness (QED) is 0.614. The molecule has 0 fully saturated rings. The maximum atomic E-state index is 11.0. The topological polar surface area (TPSA) is 47.6 Å². The highest BCUT2D eigenvalue weighted by Gasteiger charge is 2.02.